The number of carbonyl (C=O) groups excluding carboxylic acids is 2. The molecule has 162 valence electrons. The van der Waals surface area contributed by atoms with Gasteiger partial charge in [-0.2, -0.15) is 0 Å². The van der Waals surface area contributed by atoms with Gasteiger partial charge in [-0.25, -0.2) is 4.79 Å². The summed E-state index contributed by atoms with van der Waals surface area (Å²) >= 11 is 1.18. The Kier molecular flexibility index (Phi) is 8.23. The average Bonchev–Trinajstić information content (AvgIpc) is 3.24. The second kappa shape index (κ2) is 11.3. The number of carbonyl (C=O) groups is 2. The van der Waals surface area contributed by atoms with Crippen molar-refractivity contribution in [2.75, 3.05) is 17.7 Å². The first kappa shape index (κ1) is 22.6. The van der Waals surface area contributed by atoms with Crippen LogP contribution in [0.3, 0.4) is 0 Å². The van der Waals surface area contributed by atoms with Crippen molar-refractivity contribution >= 4 is 29.3 Å². The number of nitrogens with zero attached hydrogens (tertiary/aromatic N) is 2. The molecule has 2 aromatic carbocycles. The van der Waals surface area contributed by atoms with E-state index < -0.39 is 0 Å². The lowest BCUT2D eigenvalue weighted by Crippen LogP contribution is -2.14. The van der Waals surface area contributed by atoms with Crippen molar-refractivity contribution in [1.29, 1.82) is 0 Å². The Hall–Kier alpha value is -3.13. The van der Waals surface area contributed by atoms with Gasteiger partial charge in [-0.15, -0.1) is 10.2 Å². The van der Waals surface area contributed by atoms with Gasteiger partial charge in [0.05, 0.1) is 17.9 Å². The van der Waals surface area contributed by atoms with Gasteiger partial charge in [0.2, 0.25) is 11.8 Å². The number of anilines is 1. The van der Waals surface area contributed by atoms with Crippen LogP contribution in [0.2, 0.25) is 0 Å². The van der Waals surface area contributed by atoms with Gasteiger partial charge in [0.15, 0.2) is 0 Å². The van der Waals surface area contributed by atoms with E-state index in [-0.39, 0.29) is 23.5 Å². The summed E-state index contributed by atoms with van der Waals surface area (Å²) < 4.78 is 10.7. The maximum atomic E-state index is 12.2. The molecule has 1 N–H and O–H groups in total. The lowest BCUT2D eigenvalue weighted by Gasteiger charge is -2.08. The number of thioether (sulfide) groups is 1. The molecular formula is C23H25N3O4S. The van der Waals surface area contributed by atoms with Crippen LogP contribution in [0.25, 0.3) is 0 Å². The van der Waals surface area contributed by atoms with Gasteiger partial charge in [0.1, 0.15) is 0 Å². The summed E-state index contributed by atoms with van der Waals surface area (Å²) in [5.41, 5.74) is 2.25. The molecule has 1 amide bonds. The summed E-state index contributed by atoms with van der Waals surface area (Å²) in [6.07, 6.45) is 1.40. The van der Waals surface area contributed by atoms with E-state index >= 15 is 0 Å². The van der Waals surface area contributed by atoms with Crippen LogP contribution in [0.5, 0.6) is 0 Å². The summed E-state index contributed by atoms with van der Waals surface area (Å²) in [6, 6.07) is 16.7. The van der Waals surface area contributed by atoms with Gasteiger partial charge in [-0.3, -0.25) is 4.79 Å². The van der Waals surface area contributed by atoms with Crippen LogP contribution >= 0.6 is 11.8 Å². The minimum atomic E-state index is -0.371. The maximum Gasteiger partial charge on any atom is 0.338 e. The molecule has 1 aromatic heterocycles. The number of esters is 1. The number of aromatic nitrogens is 2. The summed E-state index contributed by atoms with van der Waals surface area (Å²) in [4.78, 5) is 24.0. The number of ether oxygens (including phenoxy) is 1. The Morgan fingerprint density at radius 1 is 1.10 bits per heavy atom. The molecule has 0 radical (unpaired) electrons. The fraction of sp³-hybridized carbons (Fsp3) is 0.304. The Morgan fingerprint density at radius 3 is 2.55 bits per heavy atom. The predicted molar refractivity (Wildman–Crippen MR) is 119 cm³/mol. The fourth-order valence-corrected chi connectivity index (χ4v) is 3.41. The minimum absolute atomic E-state index is 0.135. The van der Waals surface area contributed by atoms with Crippen LogP contribution in [-0.2, 0) is 16.0 Å². The highest BCUT2D eigenvalue weighted by atomic mass is 32.2. The molecule has 8 heteroatoms. The Balaban J connectivity index is 1.45. The number of benzene rings is 2. The molecule has 0 aliphatic carbocycles. The normalized spacial score (nSPS) is 11.7. The van der Waals surface area contributed by atoms with E-state index in [4.69, 9.17) is 9.15 Å². The molecule has 0 aliphatic rings. The van der Waals surface area contributed by atoms with Crippen molar-refractivity contribution in [3.63, 3.8) is 0 Å². The molecule has 0 saturated heterocycles. The van der Waals surface area contributed by atoms with Gasteiger partial charge in [0, 0.05) is 12.1 Å². The monoisotopic (exact) mass is 439 g/mol. The maximum absolute atomic E-state index is 12.2. The van der Waals surface area contributed by atoms with Crippen molar-refractivity contribution in [3.05, 3.63) is 71.6 Å². The number of amides is 1. The number of hydrogen-bond donors (Lipinski definition) is 1. The molecule has 0 bridgehead atoms. The van der Waals surface area contributed by atoms with Crippen molar-refractivity contribution in [2.45, 2.75) is 37.8 Å². The summed E-state index contributed by atoms with van der Waals surface area (Å²) in [5.74, 6) is 0.360. The molecular weight excluding hydrogens is 414 g/mol. The third-order valence-electron chi connectivity index (χ3n) is 4.47. The highest BCUT2D eigenvalue weighted by Crippen LogP contribution is 2.22. The van der Waals surface area contributed by atoms with Gasteiger partial charge in [-0.05, 0) is 42.2 Å². The lowest BCUT2D eigenvalue weighted by atomic mass is 9.98. The topological polar surface area (TPSA) is 94.3 Å². The van der Waals surface area contributed by atoms with Gasteiger partial charge >= 0.3 is 5.97 Å². The Bertz CT molecular complexity index is 990. The quantitative estimate of drug-likeness (QED) is 0.361. The highest BCUT2D eigenvalue weighted by Gasteiger charge is 2.14. The minimum Gasteiger partial charge on any atom is -0.462 e. The van der Waals surface area contributed by atoms with Gasteiger partial charge in [-0.1, -0.05) is 55.9 Å². The van der Waals surface area contributed by atoms with Crippen LogP contribution in [0.15, 0.2) is 64.2 Å². The van der Waals surface area contributed by atoms with Crippen LogP contribution in [0.4, 0.5) is 5.69 Å². The third-order valence-corrected chi connectivity index (χ3v) is 5.28. The van der Waals surface area contributed by atoms with Gasteiger partial charge in [0.25, 0.3) is 5.22 Å². The van der Waals surface area contributed by atoms with Crippen molar-refractivity contribution in [2.24, 2.45) is 0 Å². The Labute approximate surface area is 185 Å². The lowest BCUT2D eigenvalue weighted by molar-refractivity contribution is -0.113. The van der Waals surface area contributed by atoms with Crippen molar-refractivity contribution < 1.29 is 18.7 Å². The molecule has 7 nitrogen and oxygen atoms in total. The Morgan fingerprint density at radius 2 is 1.84 bits per heavy atom. The summed E-state index contributed by atoms with van der Waals surface area (Å²) in [6.45, 7) is 4.43. The van der Waals surface area contributed by atoms with Crippen molar-refractivity contribution in [1.82, 2.24) is 10.2 Å². The molecule has 1 heterocycles. The number of nitrogens with one attached hydrogen (secondary N) is 1. The van der Waals surface area contributed by atoms with Crippen molar-refractivity contribution in [3.8, 4) is 0 Å². The van der Waals surface area contributed by atoms with Crippen LogP contribution in [0, 0.1) is 0 Å². The predicted octanol–water partition coefficient (Wildman–Crippen LogP) is 4.71. The first-order valence-corrected chi connectivity index (χ1v) is 11.1. The van der Waals surface area contributed by atoms with Crippen LogP contribution in [0.1, 0.15) is 48.0 Å². The second-order valence-electron chi connectivity index (χ2n) is 7.03. The molecule has 0 unspecified atom stereocenters. The highest BCUT2D eigenvalue weighted by molar-refractivity contribution is 7.99. The second-order valence-corrected chi connectivity index (χ2v) is 7.95. The first-order chi connectivity index (χ1) is 15.0. The van der Waals surface area contributed by atoms with E-state index in [0.717, 1.165) is 6.42 Å². The van der Waals surface area contributed by atoms with E-state index in [1.807, 2.05) is 25.1 Å². The zero-order valence-electron chi connectivity index (χ0n) is 17.5. The molecule has 1 atom stereocenters. The van der Waals surface area contributed by atoms with Crippen LogP contribution < -0.4 is 5.32 Å². The summed E-state index contributed by atoms with van der Waals surface area (Å²) in [5, 5.41) is 11.2. The zero-order valence-corrected chi connectivity index (χ0v) is 18.4. The molecule has 31 heavy (non-hydrogen) atoms. The number of hydrogen-bond acceptors (Lipinski definition) is 7. The zero-order chi connectivity index (χ0) is 22.1. The van der Waals surface area contributed by atoms with Crippen LogP contribution in [-0.4, -0.2) is 34.4 Å². The van der Waals surface area contributed by atoms with E-state index in [9.17, 15) is 9.59 Å². The average molecular weight is 440 g/mol. The molecule has 0 aliphatic heterocycles. The fourth-order valence-electron chi connectivity index (χ4n) is 2.83. The van der Waals surface area contributed by atoms with Gasteiger partial charge < -0.3 is 14.5 Å². The largest absolute Gasteiger partial charge is 0.462 e. The van der Waals surface area contributed by atoms with E-state index in [1.54, 1.807) is 24.3 Å². The standard InChI is InChI=1S/C23H25N3O4S/c1-3-13-29-22(28)18-9-11-19(12-10-18)24-20(27)15-31-23-26-25-21(30-23)14-16(2)17-7-5-4-6-8-17/h4-12,16H,3,13-15H2,1-2H3,(H,24,27)/t16-/m1/s1. The van der Waals surface area contributed by atoms with E-state index in [2.05, 4.69) is 34.6 Å². The molecule has 3 rings (SSSR count). The summed E-state index contributed by atoms with van der Waals surface area (Å²) in [7, 11) is 0. The molecule has 0 fully saturated rings. The third kappa shape index (κ3) is 6.96. The SMILES string of the molecule is CCCOC(=O)c1ccc(NC(=O)CSc2nnc(C[C@@H](C)c3ccccc3)o2)cc1. The molecule has 0 saturated carbocycles. The van der Waals surface area contributed by atoms with E-state index in [1.165, 1.54) is 17.3 Å². The molecule has 0 spiro atoms. The smallest absolute Gasteiger partial charge is 0.338 e. The first-order valence-electron chi connectivity index (χ1n) is 10.1. The molecule has 3 aromatic rings. The van der Waals surface area contributed by atoms with E-state index in [0.29, 0.717) is 35.4 Å². The number of rotatable bonds is 10.